The van der Waals surface area contributed by atoms with E-state index in [4.69, 9.17) is 4.74 Å². The fourth-order valence-electron chi connectivity index (χ4n) is 3.71. The predicted octanol–water partition coefficient (Wildman–Crippen LogP) is 6.12. The fourth-order valence-corrected chi connectivity index (χ4v) is 3.71. The molecule has 0 saturated carbocycles. The van der Waals surface area contributed by atoms with Gasteiger partial charge in [0.1, 0.15) is 11.5 Å². The van der Waals surface area contributed by atoms with Gasteiger partial charge in [0.2, 0.25) is 0 Å². The van der Waals surface area contributed by atoms with Gasteiger partial charge in [0.05, 0.1) is 7.11 Å². The third-order valence-electron chi connectivity index (χ3n) is 5.51. The van der Waals surface area contributed by atoms with Gasteiger partial charge in [-0.05, 0) is 80.3 Å². The van der Waals surface area contributed by atoms with Crippen molar-refractivity contribution in [3.05, 3.63) is 69.8 Å². The standard InChI is InChI=1S/C22H22F2O2/c1-11-12(2)14(4)22(13(11)3)18-10-20(24)19(23)9-16(18)17-8-15(26-5)6-7-21(17)25/h6-10,22,25H,1-5H3. The third-order valence-corrected chi connectivity index (χ3v) is 5.51. The third kappa shape index (κ3) is 2.79. The maximum atomic E-state index is 14.1. The second-order valence-corrected chi connectivity index (χ2v) is 6.79. The van der Waals surface area contributed by atoms with Gasteiger partial charge < -0.3 is 9.84 Å². The van der Waals surface area contributed by atoms with Gasteiger partial charge in [0, 0.05) is 11.5 Å². The Kier molecular flexibility index (Phi) is 4.61. The molecule has 0 bridgehead atoms. The van der Waals surface area contributed by atoms with Crippen LogP contribution in [0.4, 0.5) is 8.78 Å². The van der Waals surface area contributed by atoms with E-state index in [2.05, 4.69) is 0 Å². The lowest BCUT2D eigenvalue weighted by Gasteiger charge is -2.21. The van der Waals surface area contributed by atoms with E-state index in [1.807, 2.05) is 27.7 Å². The quantitative estimate of drug-likeness (QED) is 0.718. The van der Waals surface area contributed by atoms with Crippen LogP contribution < -0.4 is 4.74 Å². The zero-order valence-electron chi connectivity index (χ0n) is 15.6. The van der Waals surface area contributed by atoms with Gasteiger partial charge in [-0.1, -0.05) is 11.1 Å². The lowest BCUT2D eigenvalue weighted by atomic mass is 9.83. The Labute approximate surface area is 152 Å². The summed E-state index contributed by atoms with van der Waals surface area (Å²) in [5.41, 5.74) is 6.06. The average Bonchev–Trinajstić information content (AvgIpc) is 2.81. The van der Waals surface area contributed by atoms with Crippen LogP contribution >= 0.6 is 0 Å². The molecule has 0 fully saturated rings. The van der Waals surface area contributed by atoms with Crippen LogP contribution in [-0.4, -0.2) is 12.2 Å². The SMILES string of the molecule is COc1ccc(O)c(-c2cc(F)c(F)cc2C2C(C)=C(C)C(C)=C2C)c1. The Morgan fingerprint density at radius 3 is 2.00 bits per heavy atom. The molecule has 1 N–H and O–H groups in total. The molecule has 0 atom stereocenters. The minimum atomic E-state index is -0.944. The molecule has 0 aromatic heterocycles. The van der Waals surface area contributed by atoms with Crippen molar-refractivity contribution in [1.82, 2.24) is 0 Å². The van der Waals surface area contributed by atoms with Crippen molar-refractivity contribution in [2.45, 2.75) is 33.6 Å². The van der Waals surface area contributed by atoms with Crippen LogP contribution in [0.25, 0.3) is 11.1 Å². The first-order valence-corrected chi connectivity index (χ1v) is 8.47. The molecular formula is C22H22F2O2. The largest absolute Gasteiger partial charge is 0.507 e. The number of phenols is 1. The molecule has 0 aliphatic heterocycles. The van der Waals surface area contributed by atoms with Gasteiger partial charge in [-0.25, -0.2) is 8.78 Å². The number of ether oxygens (including phenoxy) is 1. The van der Waals surface area contributed by atoms with Crippen molar-refractivity contribution in [3.8, 4) is 22.6 Å². The van der Waals surface area contributed by atoms with E-state index in [0.29, 0.717) is 22.4 Å². The van der Waals surface area contributed by atoms with Crippen molar-refractivity contribution >= 4 is 0 Å². The van der Waals surface area contributed by atoms with E-state index in [1.54, 1.807) is 12.1 Å². The molecule has 0 amide bonds. The van der Waals surface area contributed by atoms with Crippen molar-refractivity contribution in [1.29, 1.82) is 0 Å². The van der Waals surface area contributed by atoms with Crippen molar-refractivity contribution in [2.24, 2.45) is 0 Å². The van der Waals surface area contributed by atoms with Crippen molar-refractivity contribution in [2.75, 3.05) is 7.11 Å². The van der Waals surface area contributed by atoms with Crippen LogP contribution in [0, 0.1) is 11.6 Å². The van der Waals surface area contributed by atoms with Crippen LogP contribution in [0.1, 0.15) is 39.2 Å². The van der Waals surface area contributed by atoms with Crippen LogP contribution in [0.5, 0.6) is 11.5 Å². The van der Waals surface area contributed by atoms with Gasteiger partial charge in [0.25, 0.3) is 0 Å². The minimum Gasteiger partial charge on any atom is -0.507 e. The van der Waals surface area contributed by atoms with E-state index in [1.165, 1.54) is 19.2 Å². The van der Waals surface area contributed by atoms with Crippen LogP contribution in [0.2, 0.25) is 0 Å². The normalized spacial score (nSPS) is 15.2. The molecule has 0 radical (unpaired) electrons. The predicted molar refractivity (Wildman–Crippen MR) is 99.5 cm³/mol. The highest BCUT2D eigenvalue weighted by molar-refractivity contribution is 5.77. The van der Waals surface area contributed by atoms with Gasteiger partial charge in [-0.2, -0.15) is 0 Å². The summed E-state index contributed by atoms with van der Waals surface area (Å²) in [5, 5.41) is 10.4. The second kappa shape index (κ2) is 6.60. The molecule has 4 heteroatoms. The fraction of sp³-hybridized carbons (Fsp3) is 0.273. The molecule has 136 valence electrons. The zero-order chi connectivity index (χ0) is 19.2. The Morgan fingerprint density at radius 1 is 0.846 bits per heavy atom. The maximum absolute atomic E-state index is 14.1. The van der Waals surface area contributed by atoms with Gasteiger partial charge in [-0.15, -0.1) is 0 Å². The minimum absolute atomic E-state index is 0.00670. The molecule has 2 aromatic rings. The molecule has 2 aromatic carbocycles. The Bertz CT molecular complexity index is 931. The van der Waals surface area contributed by atoms with Crippen LogP contribution in [0.15, 0.2) is 52.6 Å². The molecule has 3 rings (SSSR count). The smallest absolute Gasteiger partial charge is 0.159 e. The first-order valence-electron chi connectivity index (χ1n) is 8.47. The monoisotopic (exact) mass is 356 g/mol. The molecule has 0 saturated heterocycles. The van der Waals surface area contributed by atoms with Crippen molar-refractivity contribution < 1.29 is 18.6 Å². The molecule has 0 spiro atoms. The molecule has 0 unspecified atom stereocenters. The molecule has 1 aliphatic rings. The summed E-state index contributed by atoms with van der Waals surface area (Å²) < 4.78 is 33.4. The number of rotatable bonds is 3. The summed E-state index contributed by atoms with van der Waals surface area (Å²) in [5.74, 6) is -1.46. The highest BCUT2D eigenvalue weighted by Crippen LogP contribution is 2.47. The summed E-state index contributed by atoms with van der Waals surface area (Å²) in [7, 11) is 1.52. The van der Waals surface area contributed by atoms with E-state index in [0.717, 1.165) is 28.4 Å². The average molecular weight is 356 g/mol. The first-order chi connectivity index (χ1) is 12.3. The molecule has 2 nitrogen and oxygen atoms in total. The van der Waals surface area contributed by atoms with Crippen LogP contribution in [0.3, 0.4) is 0 Å². The molecule has 1 aliphatic carbocycles. The van der Waals surface area contributed by atoms with Gasteiger partial charge in [-0.3, -0.25) is 0 Å². The van der Waals surface area contributed by atoms with E-state index >= 15 is 0 Å². The van der Waals surface area contributed by atoms with Gasteiger partial charge >= 0.3 is 0 Å². The number of benzene rings is 2. The number of halogens is 2. The highest BCUT2D eigenvalue weighted by Gasteiger charge is 2.29. The highest BCUT2D eigenvalue weighted by atomic mass is 19.2. The number of hydrogen-bond donors (Lipinski definition) is 1. The first kappa shape index (κ1) is 18.2. The number of allylic oxidation sites excluding steroid dienone is 4. The summed E-state index contributed by atoms with van der Waals surface area (Å²) in [6, 6.07) is 7.16. The van der Waals surface area contributed by atoms with Gasteiger partial charge in [0.15, 0.2) is 11.6 Å². The number of methoxy groups -OCH3 is 1. The summed E-state index contributed by atoms with van der Waals surface area (Å²) in [6.45, 7) is 8.10. The Hall–Kier alpha value is -2.62. The molecular weight excluding hydrogens is 334 g/mol. The lowest BCUT2D eigenvalue weighted by Crippen LogP contribution is -2.04. The number of hydrogen-bond acceptors (Lipinski definition) is 2. The number of aromatic hydroxyl groups is 1. The zero-order valence-corrected chi connectivity index (χ0v) is 15.6. The van der Waals surface area contributed by atoms with E-state index in [-0.39, 0.29) is 11.7 Å². The summed E-state index contributed by atoms with van der Waals surface area (Å²) in [6.07, 6.45) is 0. The van der Waals surface area contributed by atoms with Crippen molar-refractivity contribution in [3.63, 3.8) is 0 Å². The summed E-state index contributed by atoms with van der Waals surface area (Å²) in [4.78, 5) is 0. The van der Waals surface area contributed by atoms with E-state index in [9.17, 15) is 13.9 Å². The molecule has 0 heterocycles. The topological polar surface area (TPSA) is 29.5 Å². The van der Waals surface area contributed by atoms with Crippen LogP contribution in [-0.2, 0) is 0 Å². The second-order valence-electron chi connectivity index (χ2n) is 6.79. The Morgan fingerprint density at radius 2 is 1.42 bits per heavy atom. The number of phenolic OH excluding ortho intramolecular Hbond substituents is 1. The molecule has 26 heavy (non-hydrogen) atoms. The maximum Gasteiger partial charge on any atom is 0.159 e. The Balaban J connectivity index is 2.31. The summed E-state index contributed by atoms with van der Waals surface area (Å²) >= 11 is 0. The lowest BCUT2D eigenvalue weighted by molar-refractivity contribution is 0.412. The van der Waals surface area contributed by atoms with E-state index < -0.39 is 11.6 Å².